The molecule has 0 radical (unpaired) electrons. The van der Waals surface area contributed by atoms with E-state index in [0.717, 1.165) is 13.0 Å². The van der Waals surface area contributed by atoms with E-state index in [2.05, 4.69) is 12.2 Å². The van der Waals surface area contributed by atoms with Gasteiger partial charge in [0.1, 0.15) is 0 Å². The SMILES string of the molecule is CCCCCCCCNC(=O)c1ccc(N)cc1. The number of carbonyl (C=O) groups excluding carboxylic acids is 1. The van der Waals surface area contributed by atoms with Gasteiger partial charge in [-0.05, 0) is 30.7 Å². The Bertz CT molecular complexity index is 346. The zero-order valence-corrected chi connectivity index (χ0v) is 11.2. The van der Waals surface area contributed by atoms with E-state index in [4.69, 9.17) is 5.73 Å². The molecule has 100 valence electrons. The Morgan fingerprint density at radius 1 is 1.06 bits per heavy atom. The summed E-state index contributed by atoms with van der Waals surface area (Å²) in [5.41, 5.74) is 6.93. The lowest BCUT2D eigenvalue weighted by atomic mass is 10.1. The highest BCUT2D eigenvalue weighted by atomic mass is 16.1. The van der Waals surface area contributed by atoms with Crippen molar-refractivity contribution in [3.8, 4) is 0 Å². The summed E-state index contributed by atoms with van der Waals surface area (Å²) in [5.74, 6) is -0.0106. The van der Waals surface area contributed by atoms with Crippen LogP contribution in [0.15, 0.2) is 24.3 Å². The molecular formula is C15H24N2O. The maximum Gasteiger partial charge on any atom is 0.251 e. The van der Waals surface area contributed by atoms with E-state index in [1.54, 1.807) is 24.3 Å². The van der Waals surface area contributed by atoms with Crippen LogP contribution in [0.2, 0.25) is 0 Å². The van der Waals surface area contributed by atoms with Gasteiger partial charge in [-0.1, -0.05) is 39.0 Å². The molecule has 0 fully saturated rings. The van der Waals surface area contributed by atoms with Crippen molar-refractivity contribution in [1.29, 1.82) is 0 Å². The minimum absolute atomic E-state index is 0.0106. The molecule has 0 saturated carbocycles. The lowest BCUT2D eigenvalue weighted by Crippen LogP contribution is -2.24. The van der Waals surface area contributed by atoms with E-state index in [1.165, 1.54) is 32.1 Å². The molecule has 18 heavy (non-hydrogen) atoms. The maximum atomic E-state index is 11.7. The summed E-state index contributed by atoms with van der Waals surface area (Å²) in [7, 11) is 0. The molecule has 0 aliphatic heterocycles. The van der Waals surface area contributed by atoms with E-state index < -0.39 is 0 Å². The van der Waals surface area contributed by atoms with Crippen molar-refractivity contribution < 1.29 is 4.79 Å². The number of benzene rings is 1. The molecule has 0 heterocycles. The summed E-state index contributed by atoms with van der Waals surface area (Å²) in [6.07, 6.45) is 7.42. The van der Waals surface area contributed by atoms with Crippen LogP contribution in [0.3, 0.4) is 0 Å². The smallest absolute Gasteiger partial charge is 0.251 e. The van der Waals surface area contributed by atoms with Crippen LogP contribution in [0, 0.1) is 0 Å². The molecule has 1 aromatic carbocycles. The number of nitrogen functional groups attached to an aromatic ring is 1. The third kappa shape index (κ3) is 5.71. The van der Waals surface area contributed by atoms with E-state index >= 15 is 0 Å². The van der Waals surface area contributed by atoms with Crippen molar-refractivity contribution in [3.05, 3.63) is 29.8 Å². The van der Waals surface area contributed by atoms with E-state index in [1.807, 2.05) is 0 Å². The van der Waals surface area contributed by atoms with E-state index in [9.17, 15) is 4.79 Å². The monoisotopic (exact) mass is 248 g/mol. The highest BCUT2D eigenvalue weighted by Gasteiger charge is 2.03. The molecule has 1 rings (SSSR count). The van der Waals surface area contributed by atoms with Crippen LogP contribution in [0.25, 0.3) is 0 Å². The van der Waals surface area contributed by atoms with E-state index in [0.29, 0.717) is 11.3 Å². The van der Waals surface area contributed by atoms with Crippen LogP contribution >= 0.6 is 0 Å². The van der Waals surface area contributed by atoms with Crippen LogP contribution < -0.4 is 11.1 Å². The van der Waals surface area contributed by atoms with Crippen molar-refractivity contribution in [2.45, 2.75) is 45.4 Å². The van der Waals surface area contributed by atoms with Crippen molar-refractivity contribution in [2.24, 2.45) is 0 Å². The Morgan fingerprint density at radius 3 is 2.33 bits per heavy atom. The number of carbonyl (C=O) groups is 1. The second-order valence-electron chi connectivity index (χ2n) is 4.65. The number of unbranched alkanes of at least 4 members (excludes halogenated alkanes) is 5. The molecular weight excluding hydrogens is 224 g/mol. The second kappa shape index (κ2) is 8.56. The van der Waals surface area contributed by atoms with Gasteiger partial charge in [0.05, 0.1) is 0 Å². The highest BCUT2D eigenvalue weighted by Crippen LogP contribution is 2.06. The zero-order chi connectivity index (χ0) is 13.2. The number of nitrogens with one attached hydrogen (secondary N) is 1. The number of amides is 1. The first-order chi connectivity index (χ1) is 8.74. The number of hydrogen-bond donors (Lipinski definition) is 2. The van der Waals surface area contributed by atoms with Gasteiger partial charge in [0.2, 0.25) is 0 Å². The molecule has 3 N–H and O–H groups in total. The summed E-state index contributed by atoms with van der Waals surface area (Å²) < 4.78 is 0. The van der Waals surface area contributed by atoms with Gasteiger partial charge in [-0.2, -0.15) is 0 Å². The summed E-state index contributed by atoms with van der Waals surface area (Å²) in [5, 5.41) is 2.93. The predicted octanol–water partition coefficient (Wildman–Crippen LogP) is 3.36. The standard InChI is InChI=1S/C15H24N2O/c1-2-3-4-5-6-7-12-17-15(18)13-8-10-14(16)11-9-13/h8-11H,2-7,12,16H2,1H3,(H,17,18). The van der Waals surface area contributed by atoms with Crippen LogP contribution in [0.5, 0.6) is 0 Å². The van der Waals surface area contributed by atoms with Crippen molar-refractivity contribution >= 4 is 11.6 Å². The first-order valence-electron chi connectivity index (χ1n) is 6.87. The molecule has 0 spiro atoms. The largest absolute Gasteiger partial charge is 0.399 e. The van der Waals surface area contributed by atoms with Gasteiger partial charge in [0.15, 0.2) is 0 Å². The second-order valence-corrected chi connectivity index (χ2v) is 4.65. The summed E-state index contributed by atoms with van der Waals surface area (Å²) in [6.45, 7) is 2.97. The normalized spacial score (nSPS) is 10.3. The fourth-order valence-electron chi connectivity index (χ4n) is 1.84. The van der Waals surface area contributed by atoms with Crippen molar-refractivity contribution in [3.63, 3.8) is 0 Å². The Morgan fingerprint density at radius 2 is 1.67 bits per heavy atom. The molecule has 0 bridgehead atoms. The first-order valence-corrected chi connectivity index (χ1v) is 6.87. The van der Waals surface area contributed by atoms with Crippen LogP contribution in [0.1, 0.15) is 55.8 Å². The predicted molar refractivity (Wildman–Crippen MR) is 76.6 cm³/mol. The molecule has 3 heteroatoms. The number of anilines is 1. The topological polar surface area (TPSA) is 55.1 Å². The fraction of sp³-hybridized carbons (Fsp3) is 0.533. The van der Waals surface area contributed by atoms with Crippen LogP contribution in [0.4, 0.5) is 5.69 Å². The Balaban J connectivity index is 2.12. The van der Waals surface area contributed by atoms with Gasteiger partial charge >= 0.3 is 0 Å². The summed E-state index contributed by atoms with van der Waals surface area (Å²) in [4.78, 5) is 11.7. The van der Waals surface area contributed by atoms with Crippen LogP contribution in [-0.2, 0) is 0 Å². The van der Waals surface area contributed by atoms with Gasteiger partial charge in [0, 0.05) is 17.8 Å². The quantitative estimate of drug-likeness (QED) is 0.547. The third-order valence-corrected chi connectivity index (χ3v) is 2.99. The Labute approximate surface area is 110 Å². The molecule has 1 amide bonds. The van der Waals surface area contributed by atoms with Crippen LogP contribution in [-0.4, -0.2) is 12.5 Å². The van der Waals surface area contributed by atoms with Gasteiger partial charge in [-0.25, -0.2) is 0 Å². The Kier molecular flexibility index (Phi) is 6.92. The van der Waals surface area contributed by atoms with Crippen molar-refractivity contribution in [2.75, 3.05) is 12.3 Å². The van der Waals surface area contributed by atoms with Crippen molar-refractivity contribution in [1.82, 2.24) is 5.32 Å². The zero-order valence-electron chi connectivity index (χ0n) is 11.2. The molecule has 1 aromatic rings. The number of rotatable bonds is 8. The number of hydrogen-bond acceptors (Lipinski definition) is 2. The van der Waals surface area contributed by atoms with Gasteiger partial charge in [-0.15, -0.1) is 0 Å². The summed E-state index contributed by atoms with van der Waals surface area (Å²) >= 11 is 0. The molecule has 3 nitrogen and oxygen atoms in total. The maximum absolute atomic E-state index is 11.7. The van der Waals surface area contributed by atoms with Gasteiger partial charge < -0.3 is 11.1 Å². The molecule has 0 saturated heterocycles. The average molecular weight is 248 g/mol. The van der Waals surface area contributed by atoms with E-state index in [-0.39, 0.29) is 5.91 Å². The number of nitrogens with two attached hydrogens (primary N) is 1. The van der Waals surface area contributed by atoms with Gasteiger partial charge in [0.25, 0.3) is 5.91 Å². The first kappa shape index (κ1) is 14.6. The molecule has 0 unspecified atom stereocenters. The highest BCUT2D eigenvalue weighted by molar-refractivity contribution is 5.94. The third-order valence-electron chi connectivity index (χ3n) is 2.99. The molecule has 0 aromatic heterocycles. The molecule has 0 aliphatic carbocycles. The lowest BCUT2D eigenvalue weighted by molar-refractivity contribution is 0.0953. The summed E-state index contributed by atoms with van der Waals surface area (Å²) in [6, 6.07) is 7.01. The Hall–Kier alpha value is -1.51. The molecule has 0 atom stereocenters. The lowest BCUT2D eigenvalue weighted by Gasteiger charge is -2.05. The average Bonchev–Trinajstić information content (AvgIpc) is 2.38. The van der Waals surface area contributed by atoms with Gasteiger partial charge in [-0.3, -0.25) is 4.79 Å². The minimum atomic E-state index is -0.0106. The fourth-order valence-corrected chi connectivity index (χ4v) is 1.84. The minimum Gasteiger partial charge on any atom is -0.399 e. The molecule has 0 aliphatic rings.